The Hall–Kier alpha value is -3.23. The summed E-state index contributed by atoms with van der Waals surface area (Å²) in [5, 5.41) is 21.7. The van der Waals surface area contributed by atoms with Gasteiger partial charge in [0.15, 0.2) is 0 Å². The van der Waals surface area contributed by atoms with Gasteiger partial charge in [0.1, 0.15) is 11.1 Å². The highest BCUT2D eigenvalue weighted by molar-refractivity contribution is 6.13. The Bertz CT molecular complexity index is 656. The summed E-state index contributed by atoms with van der Waals surface area (Å²) >= 11 is 0. The van der Waals surface area contributed by atoms with Crippen molar-refractivity contribution in [1.29, 1.82) is 0 Å². The van der Waals surface area contributed by atoms with Crippen LogP contribution in [0.25, 0.3) is 0 Å². The molecule has 0 spiro atoms. The molecule has 0 saturated carbocycles. The first kappa shape index (κ1) is 13.2. The largest absolute Gasteiger partial charge is 0.288 e. The van der Waals surface area contributed by atoms with E-state index < -0.39 is 27.0 Å². The van der Waals surface area contributed by atoms with Crippen LogP contribution >= 0.6 is 0 Å². The van der Waals surface area contributed by atoms with E-state index in [2.05, 4.69) is 9.97 Å². The molecule has 2 rings (SSSR count). The van der Waals surface area contributed by atoms with Crippen LogP contribution in [0.4, 0.5) is 11.4 Å². The van der Waals surface area contributed by atoms with Gasteiger partial charge in [-0.25, -0.2) is 0 Å². The quantitative estimate of drug-likeness (QED) is 0.469. The Morgan fingerprint density at radius 3 is 1.65 bits per heavy atom. The van der Waals surface area contributed by atoms with Crippen molar-refractivity contribution in [3.05, 3.63) is 68.3 Å². The van der Waals surface area contributed by atoms with Crippen LogP contribution in [0.2, 0.25) is 0 Å². The van der Waals surface area contributed by atoms with Crippen molar-refractivity contribution in [2.75, 3.05) is 0 Å². The summed E-state index contributed by atoms with van der Waals surface area (Å²) in [6, 6.07) is 2.10. The number of nitro groups is 2. The lowest BCUT2D eigenvalue weighted by atomic mass is 10.0. The Balaban J connectivity index is 2.59. The molecule has 2 aromatic rings. The number of hydrogen-bond donors (Lipinski definition) is 0. The second-order valence-electron chi connectivity index (χ2n) is 3.63. The summed E-state index contributed by atoms with van der Waals surface area (Å²) in [7, 11) is 0. The summed E-state index contributed by atoms with van der Waals surface area (Å²) in [6.45, 7) is 0. The maximum Gasteiger partial charge on any atom is 0.283 e. The monoisotopic (exact) mass is 274 g/mol. The predicted molar refractivity (Wildman–Crippen MR) is 65.2 cm³/mol. The normalized spacial score (nSPS) is 10.0. The number of carbonyl (C=O) groups is 1. The highest BCUT2D eigenvalue weighted by Gasteiger charge is 2.27. The van der Waals surface area contributed by atoms with Gasteiger partial charge in [-0.05, 0) is 0 Å². The fourth-order valence-electron chi connectivity index (χ4n) is 1.59. The molecule has 0 fully saturated rings. The van der Waals surface area contributed by atoms with Gasteiger partial charge in [-0.2, -0.15) is 0 Å². The molecule has 0 aliphatic rings. The first-order valence-corrected chi connectivity index (χ1v) is 5.24. The predicted octanol–water partition coefficient (Wildman–Crippen LogP) is 1.52. The minimum absolute atomic E-state index is 0.325. The van der Waals surface area contributed by atoms with Crippen molar-refractivity contribution in [3.63, 3.8) is 0 Å². The molecule has 0 aromatic carbocycles. The fraction of sp³-hybridized carbons (Fsp3) is 0. The highest BCUT2D eigenvalue weighted by atomic mass is 16.6. The first-order valence-electron chi connectivity index (χ1n) is 5.24. The van der Waals surface area contributed by atoms with Crippen molar-refractivity contribution < 1.29 is 14.6 Å². The maximum absolute atomic E-state index is 12.2. The lowest BCUT2D eigenvalue weighted by Crippen LogP contribution is -2.09. The van der Waals surface area contributed by atoms with Gasteiger partial charge in [0.2, 0.25) is 5.78 Å². The minimum atomic E-state index is -0.871. The van der Waals surface area contributed by atoms with Crippen LogP contribution in [0.3, 0.4) is 0 Å². The molecule has 2 aromatic heterocycles. The molecule has 0 atom stereocenters. The number of carbonyl (C=O) groups excluding carboxylic acids is 1. The van der Waals surface area contributed by atoms with Gasteiger partial charge in [0.05, 0.1) is 9.85 Å². The van der Waals surface area contributed by atoms with Crippen molar-refractivity contribution in [2.45, 2.75) is 0 Å². The molecule has 0 aliphatic carbocycles. The van der Waals surface area contributed by atoms with Crippen molar-refractivity contribution >= 4 is 17.2 Å². The molecule has 2 heterocycles. The van der Waals surface area contributed by atoms with Crippen LogP contribution in [0.15, 0.2) is 36.9 Å². The van der Waals surface area contributed by atoms with Crippen molar-refractivity contribution in [3.8, 4) is 0 Å². The summed E-state index contributed by atoms with van der Waals surface area (Å²) in [5.74, 6) is -0.871. The van der Waals surface area contributed by atoms with Gasteiger partial charge in [0, 0.05) is 36.9 Å². The number of rotatable bonds is 4. The number of hydrogen-bond acceptors (Lipinski definition) is 7. The second-order valence-corrected chi connectivity index (χ2v) is 3.63. The molecule has 0 saturated heterocycles. The van der Waals surface area contributed by atoms with E-state index >= 15 is 0 Å². The van der Waals surface area contributed by atoms with Crippen LogP contribution in [-0.2, 0) is 0 Å². The average molecular weight is 274 g/mol. The summed E-state index contributed by atoms with van der Waals surface area (Å²) in [4.78, 5) is 39.7. The number of pyridine rings is 2. The zero-order valence-electron chi connectivity index (χ0n) is 9.79. The van der Waals surface area contributed by atoms with E-state index in [0.717, 1.165) is 36.9 Å². The third kappa shape index (κ3) is 2.32. The van der Waals surface area contributed by atoms with Crippen molar-refractivity contribution in [1.82, 2.24) is 9.97 Å². The van der Waals surface area contributed by atoms with Gasteiger partial charge < -0.3 is 0 Å². The van der Waals surface area contributed by atoms with Crippen LogP contribution < -0.4 is 0 Å². The SMILES string of the molecule is O=C(c1cnccc1[N+](=O)[O-])c1cnccc1[N+](=O)[O-]. The smallest absolute Gasteiger partial charge is 0.283 e. The van der Waals surface area contributed by atoms with Gasteiger partial charge in [-0.1, -0.05) is 0 Å². The van der Waals surface area contributed by atoms with E-state index in [1.165, 1.54) is 0 Å². The Kier molecular flexibility index (Phi) is 3.42. The molecule has 9 heteroatoms. The van der Waals surface area contributed by atoms with E-state index in [1.807, 2.05) is 0 Å². The molecular weight excluding hydrogens is 268 g/mol. The van der Waals surface area contributed by atoms with Gasteiger partial charge in [-0.3, -0.25) is 35.0 Å². The molecule has 0 unspecified atom stereocenters. The zero-order valence-corrected chi connectivity index (χ0v) is 9.79. The molecule has 0 aliphatic heterocycles. The highest BCUT2D eigenvalue weighted by Crippen LogP contribution is 2.24. The topological polar surface area (TPSA) is 129 Å². The standard InChI is InChI=1S/C11H6N4O5/c16-11(7-5-12-3-1-9(7)14(17)18)8-6-13-4-2-10(8)15(19)20/h1-6H. The van der Waals surface area contributed by atoms with E-state index in [4.69, 9.17) is 0 Å². The number of nitrogens with zero attached hydrogens (tertiary/aromatic N) is 4. The van der Waals surface area contributed by atoms with Crippen LogP contribution in [-0.4, -0.2) is 25.6 Å². The van der Waals surface area contributed by atoms with E-state index in [0.29, 0.717) is 0 Å². The molecule has 0 bridgehead atoms. The molecule has 0 N–H and O–H groups in total. The average Bonchev–Trinajstić information content (AvgIpc) is 2.46. The van der Waals surface area contributed by atoms with E-state index in [9.17, 15) is 25.0 Å². The lowest BCUT2D eigenvalue weighted by Gasteiger charge is -2.02. The summed E-state index contributed by atoms with van der Waals surface area (Å²) in [6.07, 6.45) is 4.31. The van der Waals surface area contributed by atoms with Gasteiger partial charge >= 0.3 is 0 Å². The summed E-state index contributed by atoms with van der Waals surface area (Å²) < 4.78 is 0. The van der Waals surface area contributed by atoms with Gasteiger partial charge in [0.25, 0.3) is 11.4 Å². The third-order valence-electron chi connectivity index (χ3n) is 2.48. The van der Waals surface area contributed by atoms with Crippen LogP contribution in [0.5, 0.6) is 0 Å². The molecule has 100 valence electrons. The zero-order chi connectivity index (χ0) is 14.7. The van der Waals surface area contributed by atoms with Crippen molar-refractivity contribution in [2.24, 2.45) is 0 Å². The molecule has 20 heavy (non-hydrogen) atoms. The minimum Gasteiger partial charge on any atom is -0.288 e. The lowest BCUT2D eigenvalue weighted by molar-refractivity contribution is -0.385. The van der Waals surface area contributed by atoms with E-state index in [-0.39, 0.29) is 11.1 Å². The third-order valence-corrected chi connectivity index (χ3v) is 2.48. The molecule has 9 nitrogen and oxygen atoms in total. The molecule has 0 radical (unpaired) electrons. The first-order chi connectivity index (χ1) is 9.52. The van der Waals surface area contributed by atoms with Gasteiger partial charge in [-0.15, -0.1) is 0 Å². The number of aromatic nitrogens is 2. The second kappa shape index (κ2) is 5.18. The molecular formula is C11H6N4O5. The maximum atomic E-state index is 12.2. The van der Waals surface area contributed by atoms with Crippen LogP contribution in [0.1, 0.15) is 15.9 Å². The fourth-order valence-corrected chi connectivity index (χ4v) is 1.59. The van der Waals surface area contributed by atoms with Crippen LogP contribution in [0, 0.1) is 20.2 Å². The number of ketones is 1. The Morgan fingerprint density at radius 1 is 0.900 bits per heavy atom. The molecule has 0 amide bonds. The van der Waals surface area contributed by atoms with E-state index in [1.54, 1.807) is 0 Å². The Morgan fingerprint density at radius 2 is 1.30 bits per heavy atom. The summed E-state index contributed by atoms with van der Waals surface area (Å²) in [5.41, 5.74) is -1.59. The Labute approximate surface area is 111 Å².